The van der Waals surface area contributed by atoms with Crippen LogP contribution in [-0.2, 0) is 12.5 Å². The summed E-state index contributed by atoms with van der Waals surface area (Å²) < 4.78 is 3.23. The molecule has 0 saturated heterocycles. The molecular weight excluding hydrogens is 226 g/mol. The van der Waals surface area contributed by atoms with Gasteiger partial charge in [-0.1, -0.05) is 12.1 Å². The average molecular weight is 243 g/mol. The summed E-state index contributed by atoms with van der Waals surface area (Å²) in [5, 5.41) is 0. The minimum atomic E-state index is -0.0234. The topological polar surface area (TPSA) is 52.9 Å². The van der Waals surface area contributed by atoms with Crippen molar-refractivity contribution in [1.82, 2.24) is 9.13 Å². The van der Waals surface area contributed by atoms with Crippen LogP contribution in [0.5, 0.6) is 0 Å². The smallest absolute Gasteiger partial charge is 0.330 e. The monoisotopic (exact) mass is 243 g/mol. The fourth-order valence-electron chi connectivity index (χ4n) is 2.41. The van der Waals surface area contributed by atoms with Crippen LogP contribution in [0.3, 0.4) is 0 Å². The third kappa shape index (κ3) is 1.61. The molecule has 18 heavy (non-hydrogen) atoms. The number of rotatable bonds is 3. The van der Waals surface area contributed by atoms with E-state index >= 15 is 0 Å². The number of hydrogen-bond donors (Lipinski definition) is 1. The van der Waals surface area contributed by atoms with Crippen molar-refractivity contribution in [2.75, 3.05) is 6.54 Å². The van der Waals surface area contributed by atoms with E-state index in [4.69, 9.17) is 5.73 Å². The summed E-state index contributed by atoms with van der Waals surface area (Å²) in [6, 6.07) is 8.15. The molecule has 1 saturated carbocycles. The average Bonchev–Trinajstić information content (AvgIpc) is 3.13. The molecule has 4 heteroatoms. The minimum absolute atomic E-state index is 0.0234. The predicted octanol–water partition coefficient (Wildman–Crippen LogP) is 1.17. The molecule has 1 aromatic heterocycles. The maximum absolute atomic E-state index is 11.9. The Morgan fingerprint density at radius 2 is 2.11 bits per heavy atom. The summed E-state index contributed by atoms with van der Waals surface area (Å²) in [4.78, 5) is 11.9. The Morgan fingerprint density at radius 3 is 2.67 bits per heavy atom. The fourth-order valence-corrected chi connectivity index (χ4v) is 2.41. The molecule has 0 radical (unpaired) electrons. The predicted molar refractivity (Wildman–Crippen MR) is 71.0 cm³/mol. The van der Waals surface area contributed by atoms with E-state index in [2.05, 4.69) is 12.1 Å². The van der Waals surface area contributed by atoms with Crippen molar-refractivity contribution in [2.45, 2.75) is 18.3 Å². The van der Waals surface area contributed by atoms with Gasteiger partial charge in [0.15, 0.2) is 0 Å². The van der Waals surface area contributed by atoms with Crippen LogP contribution in [0.15, 0.2) is 41.5 Å². The van der Waals surface area contributed by atoms with Crippen LogP contribution in [0.2, 0.25) is 0 Å². The van der Waals surface area contributed by atoms with E-state index in [1.807, 2.05) is 12.1 Å². The highest BCUT2D eigenvalue weighted by molar-refractivity contribution is 5.42. The first-order valence-electron chi connectivity index (χ1n) is 6.21. The SMILES string of the molecule is Cn1ccn(-c2cccc(C3(CN)CC3)c2)c1=O. The van der Waals surface area contributed by atoms with Crippen LogP contribution in [0.25, 0.3) is 5.69 Å². The third-order valence-corrected chi connectivity index (χ3v) is 3.93. The Hall–Kier alpha value is -1.81. The van der Waals surface area contributed by atoms with Gasteiger partial charge in [-0.15, -0.1) is 0 Å². The van der Waals surface area contributed by atoms with Crippen LogP contribution >= 0.6 is 0 Å². The van der Waals surface area contributed by atoms with Gasteiger partial charge < -0.3 is 10.3 Å². The van der Waals surface area contributed by atoms with E-state index in [0.717, 1.165) is 18.5 Å². The standard InChI is InChI=1S/C14H17N3O/c1-16-7-8-17(13(16)18)12-4-2-3-11(9-12)14(10-15)5-6-14/h2-4,7-9H,5-6,10,15H2,1H3. The Kier molecular flexibility index (Phi) is 2.41. The van der Waals surface area contributed by atoms with Gasteiger partial charge >= 0.3 is 5.69 Å². The lowest BCUT2D eigenvalue weighted by Crippen LogP contribution is -2.22. The summed E-state index contributed by atoms with van der Waals surface area (Å²) in [6.07, 6.45) is 5.86. The Balaban J connectivity index is 2.07. The summed E-state index contributed by atoms with van der Waals surface area (Å²) in [5.41, 5.74) is 8.15. The molecule has 0 bridgehead atoms. The molecule has 0 unspecified atom stereocenters. The van der Waals surface area contributed by atoms with Gasteiger partial charge in [-0.3, -0.25) is 4.57 Å². The van der Waals surface area contributed by atoms with Gasteiger partial charge in [-0.25, -0.2) is 4.79 Å². The molecule has 0 aliphatic heterocycles. The van der Waals surface area contributed by atoms with Crippen molar-refractivity contribution in [1.29, 1.82) is 0 Å². The zero-order valence-electron chi connectivity index (χ0n) is 10.5. The summed E-state index contributed by atoms with van der Waals surface area (Å²) in [6.45, 7) is 0.681. The Morgan fingerprint density at radius 1 is 1.33 bits per heavy atom. The molecular formula is C14H17N3O. The number of nitrogens with zero attached hydrogens (tertiary/aromatic N) is 2. The normalized spacial score (nSPS) is 16.8. The zero-order valence-corrected chi connectivity index (χ0v) is 10.5. The van der Waals surface area contributed by atoms with Gasteiger partial charge in [0, 0.05) is 31.4 Å². The summed E-state index contributed by atoms with van der Waals surface area (Å²) in [5.74, 6) is 0. The first-order chi connectivity index (χ1) is 8.66. The molecule has 1 aliphatic rings. The number of hydrogen-bond acceptors (Lipinski definition) is 2. The van der Waals surface area contributed by atoms with Crippen molar-refractivity contribution >= 4 is 0 Å². The highest BCUT2D eigenvalue weighted by Gasteiger charge is 2.42. The molecule has 0 spiro atoms. The molecule has 2 N–H and O–H groups in total. The van der Waals surface area contributed by atoms with E-state index in [9.17, 15) is 4.79 Å². The molecule has 2 aromatic rings. The first-order valence-corrected chi connectivity index (χ1v) is 6.21. The largest absolute Gasteiger partial charge is 0.332 e. The highest BCUT2D eigenvalue weighted by atomic mass is 16.1. The van der Waals surface area contributed by atoms with Crippen molar-refractivity contribution in [3.05, 3.63) is 52.7 Å². The van der Waals surface area contributed by atoms with Crippen LogP contribution in [0.4, 0.5) is 0 Å². The molecule has 1 heterocycles. The molecule has 3 rings (SSSR count). The van der Waals surface area contributed by atoms with E-state index < -0.39 is 0 Å². The number of nitrogens with two attached hydrogens (primary N) is 1. The van der Waals surface area contributed by atoms with Crippen LogP contribution in [-0.4, -0.2) is 15.7 Å². The van der Waals surface area contributed by atoms with Gasteiger partial charge in [-0.05, 0) is 30.5 Å². The molecule has 0 amide bonds. The van der Waals surface area contributed by atoms with Gasteiger partial charge in [0.1, 0.15) is 0 Å². The van der Waals surface area contributed by atoms with Gasteiger partial charge in [0.2, 0.25) is 0 Å². The number of benzene rings is 1. The maximum Gasteiger partial charge on any atom is 0.332 e. The Labute approximate surface area is 106 Å². The second-order valence-electron chi connectivity index (χ2n) is 5.10. The Bertz CT molecular complexity index is 634. The van der Waals surface area contributed by atoms with Crippen molar-refractivity contribution < 1.29 is 0 Å². The summed E-state index contributed by atoms with van der Waals surface area (Å²) >= 11 is 0. The van der Waals surface area contributed by atoms with Crippen LogP contribution < -0.4 is 11.4 Å². The maximum atomic E-state index is 11.9. The lowest BCUT2D eigenvalue weighted by molar-refractivity contribution is 0.703. The van der Waals surface area contributed by atoms with Gasteiger partial charge in [0.05, 0.1) is 5.69 Å². The van der Waals surface area contributed by atoms with Crippen LogP contribution in [0.1, 0.15) is 18.4 Å². The van der Waals surface area contributed by atoms with Crippen molar-refractivity contribution in [3.63, 3.8) is 0 Å². The molecule has 1 fully saturated rings. The van der Waals surface area contributed by atoms with Gasteiger partial charge in [0.25, 0.3) is 0 Å². The molecule has 0 atom stereocenters. The molecule has 1 aromatic carbocycles. The minimum Gasteiger partial charge on any atom is -0.330 e. The van der Waals surface area contributed by atoms with E-state index in [-0.39, 0.29) is 11.1 Å². The van der Waals surface area contributed by atoms with Crippen molar-refractivity contribution in [3.8, 4) is 5.69 Å². The first kappa shape index (κ1) is 11.3. The van der Waals surface area contributed by atoms with E-state index in [0.29, 0.717) is 6.54 Å². The van der Waals surface area contributed by atoms with E-state index in [1.54, 1.807) is 28.6 Å². The molecule has 94 valence electrons. The number of aryl methyl sites for hydroxylation is 1. The summed E-state index contributed by atoms with van der Waals surface area (Å²) in [7, 11) is 1.75. The molecule has 4 nitrogen and oxygen atoms in total. The second-order valence-corrected chi connectivity index (χ2v) is 5.10. The molecule has 1 aliphatic carbocycles. The number of aromatic nitrogens is 2. The fraction of sp³-hybridized carbons (Fsp3) is 0.357. The lowest BCUT2D eigenvalue weighted by Gasteiger charge is -2.14. The third-order valence-electron chi connectivity index (χ3n) is 3.93. The second kappa shape index (κ2) is 3.85. The number of imidazole rings is 1. The lowest BCUT2D eigenvalue weighted by atomic mass is 9.96. The quantitative estimate of drug-likeness (QED) is 0.879. The van der Waals surface area contributed by atoms with Crippen molar-refractivity contribution in [2.24, 2.45) is 12.8 Å². The van der Waals surface area contributed by atoms with Crippen LogP contribution in [0, 0.1) is 0 Å². The zero-order chi connectivity index (χ0) is 12.8. The van der Waals surface area contributed by atoms with E-state index in [1.165, 1.54) is 5.56 Å². The van der Waals surface area contributed by atoms with Gasteiger partial charge in [-0.2, -0.15) is 0 Å². The highest BCUT2D eigenvalue weighted by Crippen LogP contribution is 2.47.